The Morgan fingerprint density at radius 3 is 2.57 bits per heavy atom. The number of hydrogen-bond donors (Lipinski definition) is 2. The van der Waals surface area contributed by atoms with Gasteiger partial charge in [-0.05, 0) is 60.7 Å². The zero-order valence-corrected chi connectivity index (χ0v) is 20.9. The third-order valence-corrected chi connectivity index (χ3v) is 7.27. The Labute approximate surface area is 214 Å². The van der Waals surface area contributed by atoms with E-state index in [0.717, 1.165) is 37.1 Å². The number of nitrogens with two attached hydrogens (primary N) is 1. The maximum atomic E-state index is 15.1. The van der Waals surface area contributed by atoms with Gasteiger partial charge in [-0.1, -0.05) is 6.07 Å². The highest BCUT2D eigenvalue weighted by Gasteiger charge is 2.24. The first-order chi connectivity index (χ1) is 17.9. The molecule has 0 bridgehead atoms. The van der Waals surface area contributed by atoms with Gasteiger partial charge in [0.25, 0.3) is 5.91 Å². The number of pyridine rings is 1. The number of piperidine rings is 1. The summed E-state index contributed by atoms with van der Waals surface area (Å²) in [5, 5.41) is 2.71. The molecule has 0 aliphatic carbocycles. The van der Waals surface area contributed by atoms with Crippen LogP contribution in [0.4, 0.5) is 14.6 Å². The number of nitrogen functional groups attached to an aromatic ring is 1. The van der Waals surface area contributed by atoms with Gasteiger partial charge in [0.2, 0.25) is 5.95 Å². The molecule has 2 aromatic carbocycles. The van der Waals surface area contributed by atoms with Gasteiger partial charge in [-0.3, -0.25) is 9.69 Å². The number of carbonyl (C=O) groups is 1. The van der Waals surface area contributed by atoms with Crippen LogP contribution in [0.15, 0.2) is 36.4 Å². The predicted molar refractivity (Wildman–Crippen MR) is 137 cm³/mol. The Kier molecular flexibility index (Phi) is 7.08. The van der Waals surface area contributed by atoms with Crippen molar-refractivity contribution in [2.45, 2.75) is 31.9 Å². The Balaban J connectivity index is 1.51. The minimum absolute atomic E-state index is 0.116. The van der Waals surface area contributed by atoms with Crippen molar-refractivity contribution >= 4 is 11.7 Å². The van der Waals surface area contributed by atoms with Crippen LogP contribution in [-0.4, -0.2) is 55.7 Å². The van der Waals surface area contributed by atoms with Crippen LogP contribution in [0.25, 0.3) is 22.3 Å². The van der Waals surface area contributed by atoms with E-state index < -0.39 is 11.8 Å². The third-order valence-electron chi connectivity index (χ3n) is 7.27. The van der Waals surface area contributed by atoms with Crippen LogP contribution in [-0.2, 0) is 17.7 Å². The van der Waals surface area contributed by atoms with Crippen LogP contribution >= 0.6 is 0 Å². The summed E-state index contributed by atoms with van der Waals surface area (Å²) in [4.78, 5) is 18.3. The van der Waals surface area contributed by atoms with Crippen molar-refractivity contribution in [3.8, 4) is 28.0 Å². The lowest BCUT2D eigenvalue weighted by molar-refractivity contribution is 0.0387. The van der Waals surface area contributed by atoms with Crippen molar-refractivity contribution in [1.82, 2.24) is 15.2 Å². The molecule has 0 atom stereocenters. The molecule has 3 N–H and O–H groups in total. The van der Waals surface area contributed by atoms with Crippen LogP contribution in [0.2, 0.25) is 0 Å². The van der Waals surface area contributed by atoms with E-state index in [2.05, 4.69) is 15.2 Å². The summed E-state index contributed by atoms with van der Waals surface area (Å²) >= 11 is 0. The topological polar surface area (TPSA) is 89.7 Å². The maximum Gasteiger partial charge on any atom is 0.251 e. The second-order valence-electron chi connectivity index (χ2n) is 9.49. The molecule has 0 saturated carbocycles. The summed E-state index contributed by atoms with van der Waals surface area (Å²) in [6.45, 7) is 2.90. The molecule has 2 aliphatic rings. The first kappa shape index (κ1) is 25.1. The quantitative estimate of drug-likeness (QED) is 0.486. The van der Waals surface area contributed by atoms with E-state index >= 15 is 8.78 Å². The molecule has 7 nitrogen and oxygen atoms in total. The van der Waals surface area contributed by atoms with Crippen molar-refractivity contribution in [2.24, 2.45) is 0 Å². The molecule has 9 heteroatoms. The highest BCUT2D eigenvalue weighted by molar-refractivity contribution is 5.97. The fourth-order valence-electron chi connectivity index (χ4n) is 5.18. The van der Waals surface area contributed by atoms with E-state index in [-0.39, 0.29) is 34.5 Å². The molecule has 1 fully saturated rings. The van der Waals surface area contributed by atoms with Gasteiger partial charge >= 0.3 is 0 Å². The number of amides is 1. The smallest absolute Gasteiger partial charge is 0.251 e. The molecule has 3 aromatic rings. The molecular formula is C28H30F2N4O3. The fourth-order valence-corrected chi connectivity index (χ4v) is 5.18. The van der Waals surface area contributed by atoms with Crippen molar-refractivity contribution in [3.63, 3.8) is 0 Å². The van der Waals surface area contributed by atoms with Gasteiger partial charge in [0.1, 0.15) is 17.4 Å². The standard InChI is InChI=1S/C28H30F2N4O3/c1-36-19-6-9-34(10-7-19)15-18-11-16(3-4-25(18)37-2)20-13-23(27(31)33-26(20)30)22-12-17-5-8-32-28(35)21(17)14-24(22)29/h3-4,11-14,19H,5-10,15H2,1-2H3,(H2,31,33)(H,32,35). The van der Waals surface area contributed by atoms with E-state index in [0.29, 0.717) is 36.4 Å². The van der Waals surface area contributed by atoms with Gasteiger partial charge < -0.3 is 20.5 Å². The van der Waals surface area contributed by atoms with Crippen LogP contribution in [0, 0.1) is 11.8 Å². The molecule has 0 spiro atoms. The van der Waals surface area contributed by atoms with Gasteiger partial charge in [-0.25, -0.2) is 9.37 Å². The maximum absolute atomic E-state index is 15.1. The number of fused-ring (bicyclic) bond motifs is 1. The number of hydrogen-bond acceptors (Lipinski definition) is 6. The Morgan fingerprint density at radius 2 is 1.84 bits per heavy atom. The number of likely N-dealkylation sites (tertiary alicyclic amines) is 1. The first-order valence-electron chi connectivity index (χ1n) is 12.4. The lowest BCUT2D eigenvalue weighted by Gasteiger charge is -2.31. The number of aromatic nitrogens is 1. The first-order valence-corrected chi connectivity index (χ1v) is 12.4. The van der Waals surface area contributed by atoms with E-state index in [4.69, 9.17) is 15.2 Å². The van der Waals surface area contributed by atoms with E-state index in [1.165, 1.54) is 12.1 Å². The number of methoxy groups -OCH3 is 2. The number of nitrogens with zero attached hydrogens (tertiary/aromatic N) is 2. The monoisotopic (exact) mass is 508 g/mol. The fraction of sp³-hybridized carbons (Fsp3) is 0.357. The Bertz CT molecular complexity index is 1340. The van der Waals surface area contributed by atoms with E-state index in [1.807, 2.05) is 6.07 Å². The van der Waals surface area contributed by atoms with Crippen LogP contribution in [0.3, 0.4) is 0 Å². The molecule has 1 saturated heterocycles. The minimum atomic E-state index is -0.740. The Hall–Kier alpha value is -3.56. The highest BCUT2D eigenvalue weighted by Crippen LogP contribution is 2.36. The minimum Gasteiger partial charge on any atom is -0.496 e. The zero-order chi connectivity index (χ0) is 26.1. The van der Waals surface area contributed by atoms with Gasteiger partial charge in [0.15, 0.2) is 0 Å². The van der Waals surface area contributed by atoms with Crippen molar-refractivity contribution < 1.29 is 23.0 Å². The summed E-state index contributed by atoms with van der Waals surface area (Å²) in [6, 6.07) is 9.80. The molecule has 5 rings (SSSR count). The van der Waals surface area contributed by atoms with E-state index in [9.17, 15) is 4.79 Å². The van der Waals surface area contributed by atoms with Gasteiger partial charge in [0, 0.05) is 61.1 Å². The van der Waals surface area contributed by atoms with Crippen molar-refractivity contribution in [3.05, 3.63) is 64.9 Å². The molecule has 0 unspecified atom stereocenters. The van der Waals surface area contributed by atoms with E-state index in [1.54, 1.807) is 32.4 Å². The number of benzene rings is 2. The molecule has 2 aliphatic heterocycles. The highest BCUT2D eigenvalue weighted by atomic mass is 19.1. The number of carbonyl (C=O) groups excluding carboxylic acids is 1. The lowest BCUT2D eigenvalue weighted by Crippen LogP contribution is -2.36. The second-order valence-corrected chi connectivity index (χ2v) is 9.49. The third kappa shape index (κ3) is 5.01. The normalized spacial score (nSPS) is 16.4. The van der Waals surface area contributed by atoms with Crippen molar-refractivity contribution in [1.29, 1.82) is 0 Å². The van der Waals surface area contributed by atoms with Crippen LogP contribution in [0.1, 0.15) is 34.3 Å². The second kappa shape index (κ2) is 10.4. The molecule has 37 heavy (non-hydrogen) atoms. The summed E-state index contributed by atoms with van der Waals surface area (Å²) in [5.41, 5.74) is 9.26. The number of anilines is 1. The number of rotatable bonds is 6. The van der Waals surface area contributed by atoms with Gasteiger partial charge in [0.05, 0.1) is 13.2 Å². The SMILES string of the molecule is COc1ccc(-c2cc(-c3cc4c(cc3F)C(=O)NCC4)c(N)nc2F)cc1CN1CCC(OC)CC1. The van der Waals surface area contributed by atoms with Gasteiger partial charge in [-0.2, -0.15) is 4.39 Å². The van der Waals surface area contributed by atoms with Crippen LogP contribution in [0.5, 0.6) is 5.75 Å². The zero-order valence-electron chi connectivity index (χ0n) is 20.9. The average molecular weight is 509 g/mol. The number of nitrogens with one attached hydrogen (secondary N) is 1. The molecular weight excluding hydrogens is 478 g/mol. The average Bonchev–Trinajstić information content (AvgIpc) is 2.90. The molecule has 3 heterocycles. The number of ether oxygens (including phenoxy) is 2. The lowest BCUT2D eigenvalue weighted by atomic mass is 9.93. The summed E-state index contributed by atoms with van der Waals surface area (Å²) in [7, 11) is 3.35. The van der Waals surface area contributed by atoms with Crippen molar-refractivity contribution in [2.75, 3.05) is 39.6 Å². The Morgan fingerprint density at radius 1 is 1.05 bits per heavy atom. The molecule has 194 valence electrons. The van der Waals surface area contributed by atoms with Crippen LogP contribution < -0.4 is 15.8 Å². The molecule has 0 radical (unpaired) electrons. The summed E-state index contributed by atoms with van der Waals surface area (Å²) in [6.07, 6.45) is 2.74. The summed E-state index contributed by atoms with van der Waals surface area (Å²) < 4.78 is 41.3. The molecule has 1 aromatic heterocycles. The summed E-state index contributed by atoms with van der Waals surface area (Å²) in [5.74, 6) is -1.07. The number of halogens is 2. The molecule has 1 amide bonds. The van der Waals surface area contributed by atoms with Gasteiger partial charge in [-0.15, -0.1) is 0 Å². The predicted octanol–water partition coefficient (Wildman–Crippen LogP) is 4.18. The largest absolute Gasteiger partial charge is 0.496 e.